The van der Waals surface area contributed by atoms with Crippen LogP contribution in [-0.4, -0.2) is 0 Å². The summed E-state index contributed by atoms with van der Waals surface area (Å²) >= 11 is 6.32. The molecule has 0 atom stereocenters. The van der Waals surface area contributed by atoms with Crippen molar-refractivity contribution in [2.75, 3.05) is 0 Å². The minimum Gasteiger partial charge on any atom is -0.457 e. The standard InChI is InChI=1S/C25H27ClO/c1-19-11-13-21(14-12-19)25(2,3)15-7-8-20-16-22(26)18-24(17-20)27-23-9-5-4-6-10-23/h4-6,9-14,16-18H,7-8,15H2,1-3H3. The Balaban J connectivity index is 1.63. The van der Waals surface area contributed by atoms with Crippen molar-refractivity contribution in [1.29, 1.82) is 0 Å². The lowest BCUT2D eigenvalue weighted by molar-refractivity contribution is 0.460. The normalized spacial score (nSPS) is 11.4. The third-order valence-electron chi connectivity index (χ3n) is 5.01. The van der Waals surface area contributed by atoms with Gasteiger partial charge in [0.25, 0.3) is 0 Å². The zero-order chi connectivity index (χ0) is 19.3. The number of benzene rings is 3. The number of hydrogen-bond acceptors (Lipinski definition) is 1. The maximum Gasteiger partial charge on any atom is 0.129 e. The Morgan fingerprint density at radius 3 is 2.26 bits per heavy atom. The van der Waals surface area contributed by atoms with Crippen LogP contribution in [0.4, 0.5) is 0 Å². The van der Waals surface area contributed by atoms with E-state index in [1.165, 1.54) is 16.7 Å². The van der Waals surface area contributed by atoms with Crippen LogP contribution in [0.5, 0.6) is 11.5 Å². The van der Waals surface area contributed by atoms with Crippen LogP contribution >= 0.6 is 11.6 Å². The molecule has 27 heavy (non-hydrogen) atoms. The first-order valence-corrected chi connectivity index (χ1v) is 9.90. The average molecular weight is 379 g/mol. The molecule has 140 valence electrons. The van der Waals surface area contributed by atoms with Crippen LogP contribution in [0.3, 0.4) is 0 Å². The fourth-order valence-electron chi connectivity index (χ4n) is 3.33. The van der Waals surface area contributed by atoms with Gasteiger partial charge in [0.2, 0.25) is 0 Å². The smallest absolute Gasteiger partial charge is 0.129 e. The zero-order valence-electron chi connectivity index (χ0n) is 16.3. The van der Waals surface area contributed by atoms with Crippen molar-refractivity contribution in [3.63, 3.8) is 0 Å². The number of hydrogen-bond donors (Lipinski definition) is 0. The highest BCUT2D eigenvalue weighted by Gasteiger charge is 2.19. The first-order chi connectivity index (χ1) is 12.9. The monoisotopic (exact) mass is 378 g/mol. The van der Waals surface area contributed by atoms with Crippen LogP contribution in [0.15, 0.2) is 72.8 Å². The second-order valence-electron chi connectivity index (χ2n) is 7.81. The fourth-order valence-corrected chi connectivity index (χ4v) is 3.58. The van der Waals surface area contributed by atoms with Gasteiger partial charge in [-0.05, 0) is 73.1 Å². The quantitative estimate of drug-likeness (QED) is 0.408. The van der Waals surface area contributed by atoms with E-state index in [1.54, 1.807) is 0 Å². The maximum absolute atomic E-state index is 6.32. The first-order valence-electron chi connectivity index (χ1n) is 9.52. The Kier molecular flexibility index (Phi) is 6.23. The van der Waals surface area contributed by atoms with Gasteiger partial charge in [0.1, 0.15) is 11.5 Å². The van der Waals surface area contributed by atoms with Crippen molar-refractivity contribution in [3.8, 4) is 11.5 Å². The van der Waals surface area contributed by atoms with Crippen LogP contribution in [0.25, 0.3) is 0 Å². The molecule has 1 nitrogen and oxygen atoms in total. The minimum absolute atomic E-state index is 0.162. The van der Waals surface area contributed by atoms with Crippen LogP contribution in [0.2, 0.25) is 5.02 Å². The van der Waals surface area contributed by atoms with E-state index in [4.69, 9.17) is 16.3 Å². The molecule has 0 aliphatic heterocycles. The average Bonchev–Trinajstić information content (AvgIpc) is 2.62. The summed E-state index contributed by atoms with van der Waals surface area (Å²) in [5, 5.41) is 0.719. The molecular weight excluding hydrogens is 352 g/mol. The van der Waals surface area contributed by atoms with Crippen LogP contribution in [0.1, 0.15) is 43.4 Å². The Labute approximate surface area is 168 Å². The number of aryl methyl sites for hydroxylation is 2. The topological polar surface area (TPSA) is 9.23 Å². The molecule has 0 unspecified atom stereocenters. The number of ether oxygens (including phenoxy) is 1. The number of para-hydroxylation sites is 1. The van der Waals surface area contributed by atoms with E-state index in [0.29, 0.717) is 0 Å². The highest BCUT2D eigenvalue weighted by molar-refractivity contribution is 6.30. The summed E-state index contributed by atoms with van der Waals surface area (Å²) in [4.78, 5) is 0. The van der Waals surface area contributed by atoms with E-state index in [9.17, 15) is 0 Å². The highest BCUT2D eigenvalue weighted by atomic mass is 35.5. The van der Waals surface area contributed by atoms with E-state index in [0.717, 1.165) is 35.8 Å². The second-order valence-corrected chi connectivity index (χ2v) is 8.25. The molecule has 0 saturated heterocycles. The van der Waals surface area contributed by atoms with E-state index in [2.05, 4.69) is 51.1 Å². The van der Waals surface area contributed by atoms with Crippen molar-refractivity contribution in [2.45, 2.75) is 45.4 Å². The number of rotatable bonds is 7. The molecule has 0 aromatic heterocycles. The largest absolute Gasteiger partial charge is 0.457 e. The maximum atomic E-state index is 6.32. The summed E-state index contributed by atoms with van der Waals surface area (Å²) < 4.78 is 5.94. The third kappa shape index (κ3) is 5.61. The molecule has 0 aliphatic rings. The van der Waals surface area contributed by atoms with E-state index < -0.39 is 0 Å². The van der Waals surface area contributed by atoms with Gasteiger partial charge in [0.05, 0.1) is 0 Å². The summed E-state index contributed by atoms with van der Waals surface area (Å²) in [7, 11) is 0. The molecule has 0 radical (unpaired) electrons. The third-order valence-corrected chi connectivity index (χ3v) is 5.23. The Bertz CT molecular complexity index is 867. The minimum atomic E-state index is 0.162. The van der Waals surface area contributed by atoms with E-state index in [1.807, 2.05) is 42.5 Å². The summed E-state index contributed by atoms with van der Waals surface area (Å²) in [6.45, 7) is 6.77. The van der Waals surface area contributed by atoms with Gasteiger partial charge >= 0.3 is 0 Å². The Morgan fingerprint density at radius 2 is 1.56 bits per heavy atom. The summed E-state index contributed by atoms with van der Waals surface area (Å²) in [5.41, 5.74) is 4.08. The first kappa shape index (κ1) is 19.5. The van der Waals surface area contributed by atoms with Gasteiger partial charge in [-0.3, -0.25) is 0 Å². The Hall–Kier alpha value is -2.25. The van der Waals surface area contributed by atoms with Crippen LogP contribution in [0, 0.1) is 6.92 Å². The van der Waals surface area contributed by atoms with Crippen LogP contribution < -0.4 is 4.74 Å². The van der Waals surface area contributed by atoms with Crippen molar-refractivity contribution in [3.05, 3.63) is 94.5 Å². The van der Waals surface area contributed by atoms with Gasteiger partial charge in [0.15, 0.2) is 0 Å². The van der Waals surface area contributed by atoms with Gasteiger partial charge in [-0.1, -0.05) is 73.5 Å². The van der Waals surface area contributed by atoms with Gasteiger partial charge < -0.3 is 4.74 Å². The molecule has 0 fully saturated rings. The van der Waals surface area contributed by atoms with Crippen molar-refractivity contribution < 1.29 is 4.74 Å². The molecule has 0 bridgehead atoms. The number of halogens is 1. The van der Waals surface area contributed by atoms with E-state index in [-0.39, 0.29) is 5.41 Å². The predicted octanol–water partition coefficient (Wildman–Crippen LogP) is 7.74. The van der Waals surface area contributed by atoms with Gasteiger partial charge in [0, 0.05) is 5.02 Å². The molecule has 0 saturated carbocycles. The van der Waals surface area contributed by atoms with Gasteiger partial charge in [-0.25, -0.2) is 0 Å². The summed E-state index contributed by atoms with van der Waals surface area (Å²) in [6, 6.07) is 24.7. The SMILES string of the molecule is Cc1ccc(C(C)(C)CCCc2cc(Cl)cc(Oc3ccccc3)c2)cc1. The van der Waals surface area contributed by atoms with Crippen molar-refractivity contribution >= 4 is 11.6 Å². The zero-order valence-corrected chi connectivity index (χ0v) is 17.1. The van der Waals surface area contributed by atoms with Gasteiger partial charge in [-0.15, -0.1) is 0 Å². The summed E-state index contributed by atoms with van der Waals surface area (Å²) in [5.74, 6) is 1.62. The lowest BCUT2D eigenvalue weighted by Crippen LogP contribution is -2.17. The molecule has 0 amide bonds. The fraction of sp³-hybridized carbons (Fsp3) is 0.280. The molecular formula is C25H27ClO. The second kappa shape index (κ2) is 8.63. The molecule has 3 rings (SSSR count). The van der Waals surface area contributed by atoms with Crippen molar-refractivity contribution in [1.82, 2.24) is 0 Å². The molecule has 0 spiro atoms. The lowest BCUT2D eigenvalue weighted by atomic mass is 9.79. The molecule has 2 heteroatoms. The molecule has 0 heterocycles. The molecule has 0 aliphatic carbocycles. The predicted molar refractivity (Wildman–Crippen MR) is 115 cm³/mol. The van der Waals surface area contributed by atoms with Crippen molar-refractivity contribution in [2.24, 2.45) is 0 Å². The molecule has 0 N–H and O–H groups in total. The lowest BCUT2D eigenvalue weighted by Gasteiger charge is -2.25. The van der Waals surface area contributed by atoms with Crippen LogP contribution in [-0.2, 0) is 11.8 Å². The van der Waals surface area contributed by atoms with E-state index >= 15 is 0 Å². The van der Waals surface area contributed by atoms with Gasteiger partial charge in [-0.2, -0.15) is 0 Å². The summed E-state index contributed by atoms with van der Waals surface area (Å²) in [6.07, 6.45) is 3.21. The molecule has 3 aromatic carbocycles. The molecule has 3 aromatic rings. The highest BCUT2D eigenvalue weighted by Crippen LogP contribution is 2.31. The Morgan fingerprint density at radius 1 is 0.852 bits per heavy atom.